The summed E-state index contributed by atoms with van der Waals surface area (Å²) in [5, 5.41) is 14.8. The Morgan fingerprint density at radius 2 is 2.04 bits per heavy atom. The van der Waals surface area contributed by atoms with Crippen LogP contribution in [0.1, 0.15) is 33.7 Å². The zero-order valence-electron chi connectivity index (χ0n) is 14.2. The number of aromatic nitrogens is 5. The Kier molecular flexibility index (Phi) is 5.03. The maximum absolute atomic E-state index is 12.3. The Morgan fingerprint density at radius 1 is 1.28 bits per heavy atom. The van der Waals surface area contributed by atoms with Gasteiger partial charge in [0.25, 0.3) is 5.91 Å². The number of nitrogens with zero attached hydrogens (tertiary/aromatic N) is 5. The zero-order valence-corrected chi connectivity index (χ0v) is 15.0. The Labute approximate surface area is 148 Å². The fourth-order valence-corrected chi connectivity index (χ4v) is 2.93. The molecule has 1 aromatic carbocycles. The predicted molar refractivity (Wildman–Crippen MR) is 93.8 cm³/mol. The van der Waals surface area contributed by atoms with Crippen LogP contribution in [0.2, 0.25) is 0 Å². The van der Waals surface area contributed by atoms with Crippen LogP contribution in [0.4, 0.5) is 5.13 Å². The molecule has 0 radical (unpaired) electrons. The summed E-state index contributed by atoms with van der Waals surface area (Å²) >= 11 is 1.46. The topological polar surface area (TPSA) is 94.8 Å². The number of thiazole rings is 1. The minimum Gasteiger partial charge on any atom is -0.486 e. The number of aryl methyl sites for hydroxylation is 3. The fourth-order valence-electron chi connectivity index (χ4n) is 2.12. The van der Waals surface area contributed by atoms with Gasteiger partial charge in [0.2, 0.25) is 0 Å². The molecule has 2 aromatic heterocycles. The average molecular weight is 358 g/mol. The van der Waals surface area contributed by atoms with Crippen molar-refractivity contribution in [3.63, 3.8) is 0 Å². The third-order valence-corrected chi connectivity index (χ3v) is 4.63. The van der Waals surface area contributed by atoms with Crippen molar-refractivity contribution >= 4 is 22.4 Å². The van der Waals surface area contributed by atoms with E-state index < -0.39 is 0 Å². The second kappa shape index (κ2) is 7.39. The molecular formula is C16H18N6O2S. The van der Waals surface area contributed by atoms with E-state index in [9.17, 15) is 4.79 Å². The summed E-state index contributed by atoms with van der Waals surface area (Å²) in [6, 6.07) is 6.91. The molecule has 0 aliphatic heterocycles. The van der Waals surface area contributed by atoms with Gasteiger partial charge in [-0.15, -0.1) is 16.4 Å². The van der Waals surface area contributed by atoms with E-state index in [0.29, 0.717) is 28.8 Å². The number of nitrogens with one attached hydrogen (secondary N) is 1. The lowest BCUT2D eigenvalue weighted by Gasteiger charge is -2.07. The van der Waals surface area contributed by atoms with Gasteiger partial charge in [-0.05, 0) is 55.5 Å². The van der Waals surface area contributed by atoms with Crippen LogP contribution in [-0.2, 0) is 13.2 Å². The smallest absolute Gasteiger partial charge is 0.257 e. The number of amides is 1. The van der Waals surface area contributed by atoms with Gasteiger partial charge in [-0.2, -0.15) is 0 Å². The molecular weight excluding hydrogens is 340 g/mol. The lowest BCUT2D eigenvalue weighted by Crippen LogP contribution is -2.11. The number of carbonyl (C=O) groups excluding carboxylic acids is 1. The van der Waals surface area contributed by atoms with Crippen molar-refractivity contribution in [2.45, 2.75) is 33.9 Å². The third kappa shape index (κ3) is 4.00. The van der Waals surface area contributed by atoms with Crippen molar-refractivity contribution in [3.05, 3.63) is 46.2 Å². The molecule has 1 amide bonds. The number of tetrazole rings is 1. The number of carbonyl (C=O) groups is 1. The molecule has 3 aromatic rings. The maximum atomic E-state index is 12.3. The van der Waals surface area contributed by atoms with Crippen molar-refractivity contribution in [3.8, 4) is 5.75 Å². The molecule has 0 saturated carbocycles. The Bertz CT molecular complexity index is 852. The first-order valence-corrected chi connectivity index (χ1v) is 8.61. The van der Waals surface area contributed by atoms with Gasteiger partial charge >= 0.3 is 0 Å². The molecule has 3 rings (SSSR count). The first-order chi connectivity index (χ1) is 12.1. The van der Waals surface area contributed by atoms with Crippen molar-refractivity contribution in [1.29, 1.82) is 0 Å². The van der Waals surface area contributed by atoms with Crippen molar-refractivity contribution in [2.24, 2.45) is 0 Å². The molecule has 1 N–H and O–H groups in total. The minimum atomic E-state index is -0.199. The summed E-state index contributed by atoms with van der Waals surface area (Å²) in [5.41, 5.74) is 1.47. The van der Waals surface area contributed by atoms with E-state index in [0.717, 1.165) is 10.6 Å². The monoisotopic (exact) mass is 358 g/mol. The summed E-state index contributed by atoms with van der Waals surface area (Å²) in [4.78, 5) is 17.7. The molecule has 0 fully saturated rings. The normalized spacial score (nSPS) is 10.7. The summed E-state index contributed by atoms with van der Waals surface area (Å²) < 4.78 is 7.33. The molecule has 25 heavy (non-hydrogen) atoms. The van der Waals surface area contributed by atoms with Crippen molar-refractivity contribution < 1.29 is 9.53 Å². The molecule has 130 valence electrons. The number of benzene rings is 1. The second-order valence-electron chi connectivity index (χ2n) is 5.34. The Hall–Kier alpha value is -2.81. The van der Waals surface area contributed by atoms with Crippen LogP contribution in [0.15, 0.2) is 24.3 Å². The van der Waals surface area contributed by atoms with Crippen LogP contribution in [0.25, 0.3) is 0 Å². The van der Waals surface area contributed by atoms with E-state index in [1.165, 1.54) is 11.3 Å². The Balaban J connectivity index is 1.60. The number of rotatable bonds is 6. The fraction of sp³-hybridized carbons (Fsp3) is 0.312. The van der Waals surface area contributed by atoms with E-state index in [2.05, 4.69) is 25.8 Å². The molecule has 0 spiro atoms. The number of hydrogen-bond donors (Lipinski definition) is 1. The third-order valence-electron chi connectivity index (χ3n) is 3.64. The van der Waals surface area contributed by atoms with Crippen LogP contribution < -0.4 is 10.1 Å². The molecule has 0 atom stereocenters. The average Bonchev–Trinajstić information content (AvgIpc) is 3.19. The van der Waals surface area contributed by atoms with Gasteiger partial charge in [-0.25, -0.2) is 9.67 Å². The molecule has 0 bridgehead atoms. The summed E-state index contributed by atoms with van der Waals surface area (Å²) in [6.07, 6.45) is 0. The predicted octanol–water partition coefficient (Wildman–Crippen LogP) is 2.60. The minimum absolute atomic E-state index is 0.199. The first-order valence-electron chi connectivity index (χ1n) is 7.80. The van der Waals surface area contributed by atoms with Gasteiger partial charge in [0.1, 0.15) is 12.4 Å². The number of ether oxygens (including phenoxy) is 1. The lowest BCUT2D eigenvalue weighted by atomic mass is 10.2. The largest absolute Gasteiger partial charge is 0.486 e. The molecule has 0 aliphatic carbocycles. The van der Waals surface area contributed by atoms with Crippen LogP contribution in [0.3, 0.4) is 0 Å². The van der Waals surface area contributed by atoms with Crippen LogP contribution in [-0.4, -0.2) is 31.1 Å². The van der Waals surface area contributed by atoms with Gasteiger partial charge in [0, 0.05) is 17.0 Å². The first kappa shape index (κ1) is 17.0. The molecule has 2 heterocycles. The van der Waals surface area contributed by atoms with E-state index in [1.54, 1.807) is 28.9 Å². The highest BCUT2D eigenvalue weighted by Gasteiger charge is 2.11. The van der Waals surface area contributed by atoms with Crippen molar-refractivity contribution in [1.82, 2.24) is 25.2 Å². The van der Waals surface area contributed by atoms with Gasteiger partial charge < -0.3 is 4.74 Å². The van der Waals surface area contributed by atoms with E-state index >= 15 is 0 Å². The lowest BCUT2D eigenvalue weighted by molar-refractivity contribution is 0.102. The van der Waals surface area contributed by atoms with Crippen LogP contribution in [0, 0.1) is 13.8 Å². The van der Waals surface area contributed by atoms with Gasteiger partial charge in [0.05, 0.1) is 5.69 Å². The molecule has 0 unspecified atom stereocenters. The maximum Gasteiger partial charge on any atom is 0.257 e. The Morgan fingerprint density at radius 3 is 2.68 bits per heavy atom. The van der Waals surface area contributed by atoms with E-state index in [4.69, 9.17) is 4.74 Å². The molecule has 8 nitrogen and oxygen atoms in total. The highest BCUT2D eigenvalue weighted by molar-refractivity contribution is 7.15. The quantitative estimate of drug-likeness (QED) is 0.728. The molecule has 0 aliphatic rings. The van der Waals surface area contributed by atoms with Crippen LogP contribution in [0.5, 0.6) is 5.75 Å². The summed E-state index contributed by atoms with van der Waals surface area (Å²) in [7, 11) is 0. The van der Waals surface area contributed by atoms with E-state index in [1.807, 2.05) is 20.8 Å². The standard InChI is InChI=1S/C16H18N6O2S/c1-4-22-14(19-20-21-22)9-24-13-7-5-12(6-8-13)15(23)18-16-17-10(2)11(3)25-16/h5-8H,4,9H2,1-3H3,(H,17,18,23). The zero-order chi connectivity index (χ0) is 17.8. The van der Waals surface area contributed by atoms with E-state index in [-0.39, 0.29) is 12.5 Å². The number of hydrogen-bond acceptors (Lipinski definition) is 7. The second-order valence-corrected chi connectivity index (χ2v) is 6.54. The van der Waals surface area contributed by atoms with Crippen molar-refractivity contribution in [2.75, 3.05) is 5.32 Å². The van der Waals surface area contributed by atoms with Crippen LogP contribution >= 0.6 is 11.3 Å². The number of anilines is 1. The van der Waals surface area contributed by atoms with Gasteiger partial charge in [0.15, 0.2) is 11.0 Å². The SMILES string of the molecule is CCn1nnnc1COc1ccc(C(=O)Nc2nc(C)c(C)s2)cc1. The summed E-state index contributed by atoms with van der Waals surface area (Å²) in [5.74, 6) is 1.09. The molecule has 0 saturated heterocycles. The highest BCUT2D eigenvalue weighted by Crippen LogP contribution is 2.22. The van der Waals surface area contributed by atoms with Gasteiger partial charge in [-0.1, -0.05) is 0 Å². The highest BCUT2D eigenvalue weighted by atomic mass is 32.1. The molecule has 9 heteroatoms. The van der Waals surface area contributed by atoms with Gasteiger partial charge in [-0.3, -0.25) is 10.1 Å². The summed E-state index contributed by atoms with van der Waals surface area (Å²) in [6.45, 7) is 6.80.